The lowest BCUT2D eigenvalue weighted by Crippen LogP contribution is -2.53. The van der Waals surface area contributed by atoms with Crippen molar-refractivity contribution in [2.24, 2.45) is 0 Å². The van der Waals surface area contributed by atoms with Gasteiger partial charge in [0.25, 0.3) is 5.91 Å². The number of likely N-dealkylation sites (N-methyl/N-ethyl adjacent to an activating group) is 1. The molecule has 0 bridgehead atoms. The second-order valence-electron chi connectivity index (χ2n) is 5.39. The molecular weight excluding hydrogens is 292 g/mol. The van der Waals surface area contributed by atoms with Crippen LogP contribution in [-0.2, 0) is 0 Å². The fourth-order valence-electron chi connectivity index (χ4n) is 2.23. The number of carbonyl (C=O) groups is 2. The Hall–Kier alpha value is -2.55. The van der Waals surface area contributed by atoms with Crippen LogP contribution in [-0.4, -0.2) is 77.5 Å². The van der Waals surface area contributed by atoms with Crippen molar-refractivity contribution in [2.45, 2.75) is 0 Å². The van der Waals surface area contributed by atoms with E-state index in [0.717, 1.165) is 6.20 Å². The van der Waals surface area contributed by atoms with Crippen LogP contribution in [0.4, 0.5) is 0 Å². The first kappa shape index (κ1) is 15.8. The molecule has 1 amide bonds. The molecule has 1 aliphatic rings. The minimum absolute atomic E-state index is 0.220. The zero-order chi connectivity index (χ0) is 16.6. The number of pyridine rings is 1. The third-order valence-corrected chi connectivity index (χ3v) is 3.45. The fraction of sp³-hybridized carbons (Fsp3) is 0.462. The van der Waals surface area contributed by atoms with Gasteiger partial charge in [0.1, 0.15) is 12.2 Å². The van der Waals surface area contributed by atoms with Gasteiger partial charge in [0.15, 0.2) is 11.4 Å². The van der Waals surface area contributed by atoms with Gasteiger partial charge in [-0.2, -0.15) is 0 Å². The van der Waals surface area contributed by atoms with E-state index in [1.165, 1.54) is 9.58 Å². The van der Waals surface area contributed by atoms with Crippen LogP contribution in [0.3, 0.4) is 0 Å². The smallest absolute Gasteiger partial charge is 0.341 e. The highest BCUT2D eigenvalue weighted by Crippen LogP contribution is 2.20. The van der Waals surface area contributed by atoms with Gasteiger partial charge in [-0.15, -0.1) is 0 Å². The van der Waals surface area contributed by atoms with Crippen molar-refractivity contribution >= 4 is 11.9 Å². The van der Waals surface area contributed by atoms with E-state index in [9.17, 15) is 19.5 Å². The normalized spacial score (nSPS) is 14.5. The zero-order valence-corrected chi connectivity index (χ0v) is 12.6. The van der Waals surface area contributed by atoms with E-state index in [4.69, 9.17) is 5.11 Å². The number of aromatic nitrogens is 1. The average molecular weight is 310 g/mol. The minimum Gasteiger partial charge on any atom is -0.502 e. The zero-order valence-electron chi connectivity index (χ0n) is 12.6. The standard InChI is InChI=1S/C13H18N4O5/c1-14(2)4-5-16-7-15(3)17-6-8(13(21)22)10(18)11(19)9(17)12(16)20/h6,19H,4-5,7H2,1-3H3,(H,21,22). The molecule has 0 spiro atoms. The summed E-state index contributed by atoms with van der Waals surface area (Å²) in [5, 5.41) is 20.5. The number of fused-ring (bicyclic) bond motifs is 1. The summed E-state index contributed by atoms with van der Waals surface area (Å²) < 4.78 is 1.20. The third-order valence-electron chi connectivity index (χ3n) is 3.45. The van der Waals surface area contributed by atoms with E-state index >= 15 is 0 Å². The van der Waals surface area contributed by atoms with Crippen LogP contribution < -0.4 is 10.4 Å². The first-order chi connectivity index (χ1) is 10.2. The summed E-state index contributed by atoms with van der Waals surface area (Å²) in [6.07, 6.45) is 1.06. The Kier molecular flexibility index (Phi) is 4.09. The van der Waals surface area contributed by atoms with Crippen molar-refractivity contribution in [3.63, 3.8) is 0 Å². The van der Waals surface area contributed by atoms with E-state index in [1.807, 2.05) is 19.0 Å². The van der Waals surface area contributed by atoms with Gasteiger partial charge < -0.3 is 20.0 Å². The van der Waals surface area contributed by atoms with Crippen LogP contribution in [0.15, 0.2) is 11.0 Å². The molecule has 0 saturated carbocycles. The highest BCUT2D eigenvalue weighted by atomic mass is 16.4. The predicted molar refractivity (Wildman–Crippen MR) is 77.9 cm³/mol. The molecule has 0 radical (unpaired) electrons. The van der Waals surface area contributed by atoms with Crippen molar-refractivity contribution in [1.82, 2.24) is 14.5 Å². The van der Waals surface area contributed by atoms with Gasteiger partial charge in [-0.25, -0.2) is 4.79 Å². The Morgan fingerprint density at radius 3 is 2.55 bits per heavy atom. The van der Waals surface area contributed by atoms with Gasteiger partial charge in [0.05, 0.1) is 0 Å². The minimum atomic E-state index is -1.45. The van der Waals surface area contributed by atoms with E-state index in [-0.39, 0.29) is 12.4 Å². The van der Waals surface area contributed by atoms with E-state index in [2.05, 4.69) is 0 Å². The topological polar surface area (TPSA) is 106 Å². The molecule has 9 heteroatoms. The molecule has 2 rings (SSSR count). The SMILES string of the molecule is CN(C)CCN1CN(C)n2cc(C(=O)O)c(=O)c(O)c2C1=O. The van der Waals surface area contributed by atoms with Crippen molar-refractivity contribution in [2.75, 3.05) is 45.9 Å². The Labute approximate surface area is 126 Å². The molecule has 9 nitrogen and oxygen atoms in total. The second-order valence-corrected chi connectivity index (χ2v) is 5.39. The maximum atomic E-state index is 12.4. The van der Waals surface area contributed by atoms with E-state index in [0.29, 0.717) is 13.1 Å². The lowest BCUT2D eigenvalue weighted by Gasteiger charge is -2.37. The molecule has 1 aliphatic heterocycles. The van der Waals surface area contributed by atoms with Gasteiger partial charge >= 0.3 is 5.97 Å². The number of carboxylic acids is 1. The van der Waals surface area contributed by atoms with Crippen molar-refractivity contribution in [3.05, 3.63) is 27.7 Å². The number of amides is 1. The summed E-state index contributed by atoms with van der Waals surface area (Å²) in [7, 11) is 5.37. The molecular formula is C13H18N4O5. The largest absolute Gasteiger partial charge is 0.502 e. The summed E-state index contributed by atoms with van der Waals surface area (Å²) in [5.41, 5.74) is -1.86. The lowest BCUT2D eigenvalue weighted by molar-refractivity contribution is 0.0662. The molecule has 2 heterocycles. The van der Waals surface area contributed by atoms with Gasteiger partial charge in [0, 0.05) is 26.3 Å². The van der Waals surface area contributed by atoms with Gasteiger partial charge in [0.2, 0.25) is 5.43 Å². The first-order valence-electron chi connectivity index (χ1n) is 6.61. The lowest BCUT2D eigenvalue weighted by atomic mass is 10.2. The second kappa shape index (κ2) is 5.68. The molecule has 120 valence electrons. The number of aromatic hydroxyl groups is 1. The van der Waals surface area contributed by atoms with Crippen molar-refractivity contribution in [3.8, 4) is 5.75 Å². The monoisotopic (exact) mass is 310 g/mol. The van der Waals surface area contributed by atoms with Crippen molar-refractivity contribution in [1.29, 1.82) is 0 Å². The molecule has 0 unspecified atom stereocenters. The molecule has 0 aliphatic carbocycles. The molecule has 2 N–H and O–H groups in total. The summed E-state index contributed by atoms with van der Waals surface area (Å²) >= 11 is 0. The highest BCUT2D eigenvalue weighted by Gasteiger charge is 2.32. The number of rotatable bonds is 4. The summed E-state index contributed by atoms with van der Waals surface area (Å²) in [6.45, 7) is 1.27. The fourth-order valence-corrected chi connectivity index (χ4v) is 2.23. The quantitative estimate of drug-likeness (QED) is 0.719. The number of aromatic carboxylic acids is 1. The van der Waals surface area contributed by atoms with Crippen LogP contribution in [0.25, 0.3) is 0 Å². The van der Waals surface area contributed by atoms with E-state index < -0.39 is 28.6 Å². The molecule has 0 aromatic carbocycles. The Morgan fingerprint density at radius 2 is 2.00 bits per heavy atom. The van der Waals surface area contributed by atoms with Crippen LogP contribution in [0.1, 0.15) is 20.8 Å². The number of carboxylic acid groups (broad SMARTS) is 1. The van der Waals surface area contributed by atoms with Gasteiger partial charge in [-0.3, -0.25) is 19.3 Å². The van der Waals surface area contributed by atoms with Gasteiger partial charge in [-0.05, 0) is 14.1 Å². The van der Waals surface area contributed by atoms with Crippen molar-refractivity contribution < 1.29 is 19.8 Å². The number of carbonyl (C=O) groups excluding carboxylic acids is 1. The molecule has 1 aromatic rings. The first-order valence-corrected chi connectivity index (χ1v) is 6.61. The van der Waals surface area contributed by atoms with Gasteiger partial charge in [-0.1, -0.05) is 0 Å². The van der Waals surface area contributed by atoms with Crippen LogP contribution >= 0.6 is 0 Å². The molecule has 22 heavy (non-hydrogen) atoms. The molecule has 0 saturated heterocycles. The third kappa shape index (κ3) is 2.62. The molecule has 1 aromatic heterocycles. The number of nitrogens with zero attached hydrogens (tertiary/aromatic N) is 4. The van der Waals surface area contributed by atoms with Crippen LogP contribution in [0, 0.1) is 0 Å². The van der Waals surface area contributed by atoms with E-state index in [1.54, 1.807) is 12.1 Å². The highest BCUT2D eigenvalue weighted by molar-refractivity contribution is 5.97. The maximum Gasteiger partial charge on any atom is 0.341 e. The number of hydrogen-bond acceptors (Lipinski definition) is 6. The Balaban J connectivity index is 2.49. The maximum absolute atomic E-state index is 12.4. The number of hydrogen-bond donors (Lipinski definition) is 2. The summed E-state index contributed by atoms with van der Waals surface area (Å²) in [5.74, 6) is -2.80. The Morgan fingerprint density at radius 1 is 1.36 bits per heavy atom. The van der Waals surface area contributed by atoms with Crippen LogP contribution in [0.5, 0.6) is 5.75 Å². The summed E-state index contributed by atoms with van der Waals surface area (Å²) in [4.78, 5) is 38.7. The average Bonchev–Trinajstić information content (AvgIpc) is 2.43. The molecule has 0 fully saturated rings. The summed E-state index contributed by atoms with van der Waals surface area (Å²) in [6, 6.07) is 0. The van der Waals surface area contributed by atoms with Crippen LogP contribution in [0.2, 0.25) is 0 Å². The Bertz CT molecular complexity index is 682. The molecule has 0 atom stereocenters. The predicted octanol–water partition coefficient (Wildman–Crippen LogP) is -1.21.